The van der Waals surface area contributed by atoms with Gasteiger partial charge in [0.1, 0.15) is 0 Å². The summed E-state index contributed by atoms with van der Waals surface area (Å²) in [7, 11) is 0. The number of hydrogen-bond acceptors (Lipinski definition) is 2. The Hall–Kier alpha value is -1.32. The zero-order valence-corrected chi connectivity index (χ0v) is 11.0. The van der Waals surface area contributed by atoms with Crippen molar-refractivity contribution in [3.63, 3.8) is 0 Å². The first-order valence-electron chi connectivity index (χ1n) is 6.60. The van der Waals surface area contributed by atoms with Gasteiger partial charge in [-0.05, 0) is 30.6 Å². The van der Waals surface area contributed by atoms with E-state index < -0.39 is 17.3 Å². The molecule has 0 aromatic heterocycles. The molecule has 4 heteroatoms. The fourth-order valence-corrected chi connectivity index (χ4v) is 2.98. The molecule has 2 aliphatic carbocycles. The number of carboxylic acids is 1. The standard InChI is InChI=1S/C14H21NO3/c1-14(2)10(11(14)13(17)18)12(16)15-8-9-6-4-3-5-7-9/h3-4,9-11H,5-8H2,1-2H3,(H,15,16)(H,17,18). The first-order valence-corrected chi connectivity index (χ1v) is 6.60. The van der Waals surface area contributed by atoms with Crippen LogP contribution in [0, 0.1) is 23.2 Å². The summed E-state index contributed by atoms with van der Waals surface area (Å²) in [5, 5.41) is 12.0. The van der Waals surface area contributed by atoms with Crippen LogP contribution in [0.2, 0.25) is 0 Å². The van der Waals surface area contributed by atoms with Gasteiger partial charge >= 0.3 is 5.97 Å². The quantitative estimate of drug-likeness (QED) is 0.749. The van der Waals surface area contributed by atoms with Crippen molar-refractivity contribution in [3.05, 3.63) is 12.2 Å². The Labute approximate surface area is 107 Å². The molecule has 0 bridgehead atoms. The molecule has 1 saturated carbocycles. The molecule has 2 rings (SSSR count). The van der Waals surface area contributed by atoms with Crippen LogP contribution in [0.3, 0.4) is 0 Å². The van der Waals surface area contributed by atoms with Gasteiger partial charge in [-0.15, -0.1) is 0 Å². The largest absolute Gasteiger partial charge is 0.481 e. The molecule has 0 heterocycles. The topological polar surface area (TPSA) is 66.4 Å². The molecule has 0 radical (unpaired) electrons. The molecule has 18 heavy (non-hydrogen) atoms. The van der Waals surface area contributed by atoms with E-state index in [1.165, 1.54) is 0 Å². The molecular formula is C14H21NO3. The van der Waals surface area contributed by atoms with Crippen LogP contribution in [0.5, 0.6) is 0 Å². The summed E-state index contributed by atoms with van der Waals surface area (Å²) in [5.74, 6) is -1.34. The molecule has 0 saturated heterocycles. The molecule has 0 aromatic carbocycles. The average molecular weight is 251 g/mol. The van der Waals surface area contributed by atoms with E-state index in [1.807, 2.05) is 13.8 Å². The van der Waals surface area contributed by atoms with Gasteiger partial charge in [-0.3, -0.25) is 9.59 Å². The third kappa shape index (κ3) is 2.42. The Morgan fingerprint density at radius 2 is 2.06 bits per heavy atom. The normalized spacial score (nSPS) is 32.9. The highest BCUT2D eigenvalue weighted by molar-refractivity contribution is 5.91. The fraction of sp³-hybridized carbons (Fsp3) is 0.714. The van der Waals surface area contributed by atoms with Gasteiger partial charge in [-0.25, -0.2) is 0 Å². The molecular weight excluding hydrogens is 230 g/mol. The van der Waals surface area contributed by atoms with Gasteiger partial charge in [0.25, 0.3) is 0 Å². The van der Waals surface area contributed by atoms with Crippen molar-refractivity contribution < 1.29 is 14.7 Å². The first kappa shape index (κ1) is 13.1. The average Bonchev–Trinajstić information content (AvgIpc) is 2.91. The second kappa shape index (κ2) is 4.75. The minimum absolute atomic E-state index is 0.0954. The van der Waals surface area contributed by atoms with Gasteiger partial charge in [-0.1, -0.05) is 26.0 Å². The molecule has 2 aliphatic rings. The smallest absolute Gasteiger partial charge is 0.307 e. The molecule has 1 amide bonds. The lowest BCUT2D eigenvalue weighted by Crippen LogP contribution is -2.32. The number of carbonyl (C=O) groups is 2. The zero-order chi connectivity index (χ0) is 13.3. The van der Waals surface area contributed by atoms with Crippen molar-refractivity contribution in [3.8, 4) is 0 Å². The lowest BCUT2D eigenvalue weighted by molar-refractivity contribution is -0.140. The van der Waals surface area contributed by atoms with Crippen LogP contribution in [0.4, 0.5) is 0 Å². The number of carboxylic acid groups (broad SMARTS) is 1. The fourth-order valence-electron chi connectivity index (χ4n) is 2.98. The van der Waals surface area contributed by atoms with Crippen LogP contribution in [0.15, 0.2) is 12.2 Å². The number of amides is 1. The number of nitrogens with one attached hydrogen (secondary N) is 1. The summed E-state index contributed by atoms with van der Waals surface area (Å²) in [6, 6.07) is 0. The second-order valence-electron chi connectivity index (χ2n) is 6.01. The predicted molar refractivity (Wildman–Crippen MR) is 67.9 cm³/mol. The van der Waals surface area contributed by atoms with Crippen molar-refractivity contribution in [1.29, 1.82) is 0 Å². The first-order chi connectivity index (χ1) is 8.44. The lowest BCUT2D eigenvalue weighted by atomic mass is 9.94. The van der Waals surface area contributed by atoms with Crippen LogP contribution < -0.4 is 5.32 Å². The molecule has 0 aromatic rings. The van der Waals surface area contributed by atoms with Crippen molar-refractivity contribution in [1.82, 2.24) is 5.32 Å². The molecule has 0 aliphatic heterocycles. The summed E-state index contributed by atoms with van der Waals surface area (Å²) in [5.41, 5.74) is -0.400. The van der Waals surface area contributed by atoms with Gasteiger partial charge < -0.3 is 10.4 Å². The van der Waals surface area contributed by atoms with E-state index in [0.29, 0.717) is 12.5 Å². The molecule has 0 spiro atoms. The van der Waals surface area contributed by atoms with Crippen LogP contribution in [-0.2, 0) is 9.59 Å². The van der Waals surface area contributed by atoms with Gasteiger partial charge in [0.15, 0.2) is 0 Å². The lowest BCUT2D eigenvalue weighted by Gasteiger charge is -2.18. The minimum Gasteiger partial charge on any atom is -0.481 e. The minimum atomic E-state index is -0.860. The Morgan fingerprint density at radius 3 is 2.56 bits per heavy atom. The predicted octanol–water partition coefficient (Wildman–Crippen LogP) is 1.82. The number of carbonyl (C=O) groups excluding carboxylic acids is 1. The maximum atomic E-state index is 12.0. The number of aliphatic carboxylic acids is 1. The third-order valence-electron chi connectivity index (χ3n) is 4.32. The van der Waals surface area contributed by atoms with E-state index in [0.717, 1.165) is 19.3 Å². The highest BCUT2D eigenvalue weighted by Crippen LogP contribution is 2.58. The highest BCUT2D eigenvalue weighted by atomic mass is 16.4. The third-order valence-corrected chi connectivity index (χ3v) is 4.32. The van der Waals surface area contributed by atoms with Gasteiger partial charge in [0.2, 0.25) is 5.91 Å². The maximum Gasteiger partial charge on any atom is 0.307 e. The van der Waals surface area contributed by atoms with E-state index in [1.54, 1.807) is 0 Å². The highest BCUT2D eigenvalue weighted by Gasteiger charge is 2.65. The van der Waals surface area contributed by atoms with Crippen molar-refractivity contribution in [2.24, 2.45) is 23.2 Å². The Kier molecular flexibility index (Phi) is 3.46. The van der Waals surface area contributed by atoms with E-state index >= 15 is 0 Å². The summed E-state index contributed by atoms with van der Waals surface area (Å²) in [4.78, 5) is 23.0. The van der Waals surface area contributed by atoms with Crippen molar-refractivity contribution >= 4 is 11.9 Å². The Balaban J connectivity index is 1.82. The molecule has 3 atom stereocenters. The maximum absolute atomic E-state index is 12.0. The summed E-state index contributed by atoms with van der Waals surface area (Å²) < 4.78 is 0. The summed E-state index contributed by atoms with van der Waals surface area (Å²) >= 11 is 0. The SMILES string of the molecule is CC1(C)C(C(=O)O)C1C(=O)NCC1CC=CCC1. The van der Waals surface area contributed by atoms with Gasteiger partial charge in [0, 0.05) is 6.54 Å². The van der Waals surface area contributed by atoms with Crippen LogP contribution in [0.1, 0.15) is 33.1 Å². The second-order valence-corrected chi connectivity index (χ2v) is 6.01. The summed E-state index contributed by atoms with van der Waals surface area (Å²) in [6.07, 6.45) is 7.52. The molecule has 100 valence electrons. The van der Waals surface area contributed by atoms with E-state index in [4.69, 9.17) is 5.11 Å². The zero-order valence-electron chi connectivity index (χ0n) is 11.0. The number of allylic oxidation sites excluding steroid dienone is 2. The van der Waals surface area contributed by atoms with Crippen LogP contribution in [-0.4, -0.2) is 23.5 Å². The Bertz CT molecular complexity index is 387. The van der Waals surface area contributed by atoms with Gasteiger partial charge in [-0.2, -0.15) is 0 Å². The van der Waals surface area contributed by atoms with Crippen LogP contribution >= 0.6 is 0 Å². The number of hydrogen-bond donors (Lipinski definition) is 2. The van der Waals surface area contributed by atoms with Crippen molar-refractivity contribution in [2.45, 2.75) is 33.1 Å². The van der Waals surface area contributed by atoms with Gasteiger partial charge in [0.05, 0.1) is 11.8 Å². The number of rotatable bonds is 4. The molecule has 1 fully saturated rings. The van der Waals surface area contributed by atoms with E-state index in [2.05, 4.69) is 17.5 Å². The Morgan fingerprint density at radius 1 is 1.33 bits per heavy atom. The molecule has 4 nitrogen and oxygen atoms in total. The molecule has 3 unspecified atom stereocenters. The van der Waals surface area contributed by atoms with Crippen molar-refractivity contribution in [2.75, 3.05) is 6.54 Å². The van der Waals surface area contributed by atoms with E-state index in [9.17, 15) is 9.59 Å². The monoisotopic (exact) mass is 251 g/mol. The van der Waals surface area contributed by atoms with E-state index in [-0.39, 0.29) is 11.8 Å². The molecule has 2 N–H and O–H groups in total. The summed E-state index contributed by atoms with van der Waals surface area (Å²) in [6.45, 7) is 4.36. The van der Waals surface area contributed by atoms with Crippen LogP contribution in [0.25, 0.3) is 0 Å².